The first-order valence-electron chi connectivity index (χ1n) is 8.36. The van der Waals surface area contributed by atoms with E-state index in [4.69, 9.17) is 14.2 Å². The molecule has 0 spiro atoms. The van der Waals surface area contributed by atoms with E-state index in [2.05, 4.69) is 27.6 Å². The number of cyclic esters (lactones) is 1. The fraction of sp³-hybridized carbons (Fsp3) is 0.143. The average Bonchev–Trinajstić information content (AvgIpc) is 3.24. The van der Waals surface area contributed by atoms with E-state index < -0.39 is 5.97 Å². The summed E-state index contributed by atoms with van der Waals surface area (Å²) in [7, 11) is 0. The summed E-state index contributed by atoms with van der Waals surface area (Å²) in [6.45, 7) is 4.16. The lowest BCUT2D eigenvalue weighted by Gasteiger charge is -2.02. The fourth-order valence-electron chi connectivity index (χ4n) is 2.83. The molecule has 5 nitrogen and oxygen atoms in total. The molecule has 2 heterocycles. The minimum atomic E-state index is -0.445. The molecule has 136 valence electrons. The lowest BCUT2D eigenvalue weighted by atomic mass is 10.1. The highest BCUT2D eigenvalue weighted by Crippen LogP contribution is 2.33. The average molecular weight is 473 g/mol. The monoisotopic (exact) mass is 473 g/mol. The van der Waals surface area contributed by atoms with Crippen molar-refractivity contribution < 1.29 is 19.0 Å². The largest absolute Gasteiger partial charge is 0.454 e. The molecule has 2 aromatic carbocycles. The molecule has 0 N–H and O–H groups in total. The molecule has 0 aliphatic carbocycles. The first-order chi connectivity index (χ1) is 13.0. The zero-order chi connectivity index (χ0) is 19.0. The quantitative estimate of drug-likeness (QED) is 0.371. The van der Waals surface area contributed by atoms with Crippen LogP contribution in [0.2, 0.25) is 0 Å². The lowest BCUT2D eigenvalue weighted by Crippen LogP contribution is -2.05. The van der Waals surface area contributed by atoms with Crippen molar-refractivity contribution in [2.75, 3.05) is 6.79 Å². The van der Waals surface area contributed by atoms with Crippen molar-refractivity contribution in [3.63, 3.8) is 0 Å². The van der Waals surface area contributed by atoms with Gasteiger partial charge in [-0.1, -0.05) is 12.1 Å². The van der Waals surface area contributed by atoms with Crippen LogP contribution < -0.4 is 9.47 Å². The number of allylic oxidation sites excluding steroid dienone is 2. The van der Waals surface area contributed by atoms with Gasteiger partial charge in [-0.05, 0) is 89.5 Å². The van der Waals surface area contributed by atoms with Crippen LogP contribution in [0.4, 0.5) is 0 Å². The summed E-state index contributed by atoms with van der Waals surface area (Å²) in [5.41, 5.74) is 4.03. The van der Waals surface area contributed by atoms with Crippen molar-refractivity contribution in [1.82, 2.24) is 0 Å². The highest BCUT2D eigenvalue weighted by Gasteiger charge is 2.24. The molecule has 2 aliphatic heterocycles. The fourth-order valence-corrected chi connectivity index (χ4v) is 3.17. The predicted octanol–water partition coefficient (Wildman–Crippen LogP) is 4.62. The Labute approximate surface area is 170 Å². The van der Waals surface area contributed by atoms with Crippen molar-refractivity contribution in [3.8, 4) is 11.5 Å². The first-order valence-corrected chi connectivity index (χ1v) is 9.44. The Kier molecular flexibility index (Phi) is 4.73. The number of rotatable bonds is 3. The second kappa shape index (κ2) is 7.19. The highest BCUT2D eigenvalue weighted by atomic mass is 127. The molecule has 0 saturated carbocycles. The number of ether oxygens (including phenoxy) is 3. The summed E-state index contributed by atoms with van der Waals surface area (Å²) in [6.07, 6.45) is 3.67. The van der Waals surface area contributed by atoms with Gasteiger partial charge < -0.3 is 14.2 Å². The minimum absolute atomic E-state index is 0.243. The zero-order valence-corrected chi connectivity index (χ0v) is 16.9. The summed E-state index contributed by atoms with van der Waals surface area (Å²) in [4.78, 5) is 16.5. The number of aliphatic imine (C=N–C) groups is 1. The van der Waals surface area contributed by atoms with Crippen LogP contribution in [0.1, 0.15) is 23.6 Å². The second-order valence-electron chi connectivity index (χ2n) is 6.30. The molecule has 0 fully saturated rings. The Morgan fingerprint density at radius 1 is 1.15 bits per heavy atom. The molecule has 6 heteroatoms. The van der Waals surface area contributed by atoms with E-state index in [0.717, 1.165) is 37.3 Å². The molecule has 0 atom stereocenters. The maximum Gasteiger partial charge on any atom is 0.363 e. The van der Waals surface area contributed by atoms with Crippen molar-refractivity contribution in [3.05, 3.63) is 74.0 Å². The van der Waals surface area contributed by atoms with Gasteiger partial charge in [0.1, 0.15) is 0 Å². The third-order valence-electron chi connectivity index (χ3n) is 4.18. The number of halogens is 1. The molecule has 0 unspecified atom stereocenters. The first kappa shape index (κ1) is 17.8. The molecule has 0 amide bonds. The standard InChI is InChI=1S/C21H16INO4/c1-12(7-14-3-6-18-19(10-14)26-11-25-18)8-17-21(24)27-20(23-17)15-4-5-16(22)13(2)9-15/h3-10H,11H2,1-2H3/b12-7+,17-8-. The minimum Gasteiger partial charge on any atom is -0.454 e. The third-order valence-corrected chi connectivity index (χ3v) is 5.39. The van der Waals surface area contributed by atoms with Gasteiger partial charge in [-0.3, -0.25) is 0 Å². The van der Waals surface area contributed by atoms with Gasteiger partial charge in [0.15, 0.2) is 17.2 Å². The van der Waals surface area contributed by atoms with Gasteiger partial charge in [-0.15, -0.1) is 0 Å². The maximum absolute atomic E-state index is 12.2. The Morgan fingerprint density at radius 2 is 1.96 bits per heavy atom. The molecule has 2 aliphatic rings. The van der Waals surface area contributed by atoms with Crippen LogP contribution in [0, 0.1) is 10.5 Å². The number of hydrogen-bond donors (Lipinski definition) is 0. The van der Waals surface area contributed by atoms with Gasteiger partial charge in [0, 0.05) is 9.13 Å². The van der Waals surface area contributed by atoms with Crippen LogP contribution in [0.25, 0.3) is 6.08 Å². The van der Waals surface area contributed by atoms with E-state index in [1.165, 1.54) is 0 Å². The number of benzene rings is 2. The van der Waals surface area contributed by atoms with E-state index >= 15 is 0 Å². The van der Waals surface area contributed by atoms with Gasteiger partial charge in [0.2, 0.25) is 12.7 Å². The van der Waals surface area contributed by atoms with E-state index in [1.54, 1.807) is 6.08 Å². The van der Waals surface area contributed by atoms with E-state index in [0.29, 0.717) is 5.90 Å². The summed E-state index contributed by atoms with van der Waals surface area (Å²) in [6, 6.07) is 11.6. The molecule has 2 aromatic rings. The molecule has 27 heavy (non-hydrogen) atoms. The van der Waals surface area contributed by atoms with Gasteiger partial charge in [-0.25, -0.2) is 9.79 Å². The number of carbonyl (C=O) groups is 1. The van der Waals surface area contributed by atoms with Crippen molar-refractivity contribution >= 4 is 40.5 Å². The number of nitrogens with zero attached hydrogens (tertiary/aromatic N) is 1. The van der Waals surface area contributed by atoms with E-state index in [-0.39, 0.29) is 12.5 Å². The van der Waals surface area contributed by atoms with Crippen LogP contribution in [0.15, 0.2) is 58.7 Å². The van der Waals surface area contributed by atoms with Gasteiger partial charge in [0.05, 0.1) is 0 Å². The van der Waals surface area contributed by atoms with Crippen LogP contribution in [-0.2, 0) is 9.53 Å². The summed E-state index contributed by atoms with van der Waals surface area (Å²) < 4.78 is 17.2. The highest BCUT2D eigenvalue weighted by molar-refractivity contribution is 14.1. The number of aryl methyl sites for hydroxylation is 1. The molecule has 0 radical (unpaired) electrons. The van der Waals surface area contributed by atoms with Gasteiger partial charge in [-0.2, -0.15) is 0 Å². The number of carbonyl (C=O) groups excluding carboxylic acids is 1. The summed E-state index contributed by atoms with van der Waals surface area (Å²) >= 11 is 2.27. The molecule has 0 saturated heterocycles. The van der Waals surface area contributed by atoms with E-state index in [9.17, 15) is 4.79 Å². The Balaban J connectivity index is 1.59. The smallest absolute Gasteiger partial charge is 0.363 e. The number of hydrogen-bond acceptors (Lipinski definition) is 5. The number of esters is 1. The SMILES string of the molecule is CC(/C=C1\N=C(c2ccc(I)c(C)c2)OC1=O)=C\c1ccc2c(c1)OCO2. The third kappa shape index (κ3) is 3.75. The van der Waals surface area contributed by atoms with Crippen molar-refractivity contribution in [2.24, 2.45) is 4.99 Å². The Bertz CT molecular complexity index is 1040. The number of fused-ring (bicyclic) bond motifs is 1. The van der Waals surface area contributed by atoms with Crippen LogP contribution in [0.5, 0.6) is 11.5 Å². The normalized spacial score (nSPS) is 17.3. The molecule has 0 aromatic heterocycles. The topological polar surface area (TPSA) is 57.1 Å². The van der Waals surface area contributed by atoms with Crippen LogP contribution in [0.3, 0.4) is 0 Å². The molecular weight excluding hydrogens is 457 g/mol. The predicted molar refractivity (Wildman–Crippen MR) is 111 cm³/mol. The molecule has 4 rings (SSSR count). The lowest BCUT2D eigenvalue weighted by molar-refractivity contribution is -0.130. The Morgan fingerprint density at radius 3 is 2.78 bits per heavy atom. The summed E-state index contributed by atoms with van der Waals surface area (Å²) in [5.74, 6) is 1.35. The molecular formula is C21H16INO4. The van der Waals surface area contributed by atoms with Crippen LogP contribution >= 0.6 is 22.6 Å². The van der Waals surface area contributed by atoms with E-state index in [1.807, 2.05) is 56.3 Å². The second-order valence-corrected chi connectivity index (χ2v) is 7.46. The molecule has 0 bridgehead atoms. The zero-order valence-electron chi connectivity index (χ0n) is 14.8. The van der Waals surface area contributed by atoms with Gasteiger partial charge in [0.25, 0.3) is 0 Å². The Hall–Kier alpha value is -2.61. The van der Waals surface area contributed by atoms with Gasteiger partial charge >= 0.3 is 5.97 Å². The summed E-state index contributed by atoms with van der Waals surface area (Å²) in [5, 5.41) is 0. The van der Waals surface area contributed by atoms with Crippen molar-refractivity contribution in [2.45, 2.75) is 13.8 Å². The van der Waals surface area contributed by atoms with Crippen molar-refractivity contribution in [1.29, 1.82) is 0 Å². The van der Waals surface area contributed by atoms with Crippen LogP contribution in [-0.4, -0.2) is 18.7 Å². The maximum atomic E-state index is 12.2.